The van der Waals surface area contributed by atoms with Crippen molar-refractivity contribution in [1.29, 1.82) is 0 Å². The number of hydrogen-bond acceptors (Lipinski definition) is 4. The van der Waals surface area contributed by atoms with Crippen LogP contribution in [0.5, 0.6) is 23.0 Å². The molecular formula is C21H19NO4. The lowest BCUT2D eigenvalue weighted by Crippen LogP contribution is -2.26. The van der Waals surface area contributed by atoms with Crippen LogP contribution in [-0.4, -0.2) is 25.2 Å². The molecule has 0 aliphatic rings. The number of carbonyl (C=O) groups excluding carboxylic acids is 1. The number of hydrogen-bond donors (Lipinski definition) is 1. The van der Waals surface area contributed by atoms with Gasteiger partial charge in [0.1, 0.15) is 23.0 Å². The maximum Gasteiger partial charge on any atom is 0.258 e. The van der Waals surface area contributed by atoms with Gasteiger partial charge in [-0.2, -0.15) is 0 Å². The zero-order valence-electron chi connectivity index (χ0n) is 14.5. The molecule has 3 aromatic rings. The van der Waals surface area contributed by atoms with Crippen LogP contribution >= 0.6 is 0 Å². The molecule has 0 atom stereocenters. The molecule has 1 amide bonds. The number of phenolic OH excluding ortho intramolecular Hbond substituents is 1. The van der Waals surface area contributed by atoms with E-state index in [4.69, 9.17) is 9.47 Å². The first kappa shape index (κ1) is 17.4. The Hall–Kier alpha value is -3.47. The van der Waals surface area contributed by atoms with Crippen LogP contribution in [0.2, 0.25) is 0 Å². The molecule has 0 aliphatic heterocycles. The van der Waals surface area contributed by atoms with Crippen molar-refractivity contribution in [3.63, 3.8) is 0 Å². The molecular weight excluding hydrogens is 330 g/mol. The number of aromatic hydroxyl groups is 1. The van der Waals surface area contributed by atoms with Gasteiger partial charge >= 0.3 is 0 Å². The third kappa shape index (κ3) is 3.95. The Kier molecular flexibility index (Phi) is 5.08. The van der Waals surface area contributed by atoms with E-state index < -0.39 is 0 Å². The fourth-order valence-corrected chi connectivity index (χ4v) is 2.45. The van der Waals surface area contributed by atoms with Gasteiger partial charge in [0.25, 0.3) is 5.91 Å². The van der Waals surface area contributed by atoms with Crippen molar-refractivity contribution in [2.75, 3.05) is 19.1 Å². The monoisotopic (exact) mass is 349 g/mol. The van der Waals surface area contributed by atoms with E-state index in [9.17, 15) is 9.90 Å². The Morgan fingerprint density at radius 1 is 0.885 bits per heavy atom. The number of phenols is 1. The molecule has 5 nitrogen and oxygen atoms in total. The Labute approximate surface area is 152 Å². The van der Waals surface area contributed by atoms with E-state index in [0.717, 1.165) is 0 Å². The lowest BCUT2D eigenvalue weighted by molar-refractivity contribution is 0.0993. The van der Waals surface area contributed by atoms with Gasteiger partial charge in [0.05, 0.1) is 7.11 Å². The van der Waals surface area contributed by atoms with Gasteiger partial charge in [0.2, 0.25) is 0 Å². The third-order valence-electron chi connectivity index (χ3n) is 3.92. The molecule has 0 bridgehead atoms. The van der Waals surface area contributed by atoms with E-state index in [1.807, 2.05) is 18.2 Å². The lowest BCUT2D eigenvalue weighted by atomic mass is 10.2. The quantitative estimate of drug-likeness (QED) is 0.738. The molecule has 3 rings (SSSR count). The lowest BCUT2D eigenvalue weighted by Gasteiger charge is -2.18. The average Bonchev–Trinajstić information content (AvgIpc) is 2.69. The van der Waals surface area contributed by atoms with E-state index in [-0.39, 0.29) is 11.7 Å². The van der Waals surface area contributed by atoms with Crippen LogP contribution in [0.1, 0.15) is 10.4 Å². The summed E-state index contributed by atoms with van der Waals surface area (Å²) in [4.78, 5) is 14.2. The second-order valence-corrected chi connectivity index (χ2v) is 5.69. The van der Waals surface area contributed by atoms with Gasteiger partial charge in [-0.25, -0.2) is 0 Å². The number of ether oxygens (including phenoxy) is 2. The maximum atomic E-state index is 12.7. The highest BCUT2D eigenvalue weighted by Crippen LogP contribution is 2.27. The molecule has 0 saturated carbocycles. The summed E-state index contributed by atoms with van der Waals surface area (Å²) in [5, 5.41) is 9.33. The number of rotatable bonds is 5. The number of benzene rings is 3. The van der Waals surface area contributed by atoms with Gasteiger partial charge in [-0.1, -0.05) is 6.07 Å². The summed E-state index contributed by atoms with van der Waals surface area (Å²) in [6, 6.07) is 20.7. The fourth-order valence-electron chi connectivity index (χ4n) is 2.45. The molecule has 0 aliphatic carbocycles. The van der Waals surface area contributed by atoms with Gasteiger partial charge in [-0.3, -0.25) is 4.79 Å². The zero-order chi connectivity index (χ0) is 18.5. The molecule has 3 aromatic carbocycles. The van der Waals surface area contributed by atoms with Gasteiger partial charge in [0.15, 0.2) is 0 Å². The predicted octanol–water partition coefficient (Wildman–Crippen LogP) is 4.47. The average molecular weight is 349 g/mol. The first-order chi connectivity index (χ1) is 12.6. The van der Waals surface area contributed by atoms with Crippen LogP contribution in [-0.2, 0) is 0 Å². The third-order valence-corrected chi connectivity index (χ3v) is 3.92. The predicted molar refractivity (Wildman–Crippen MR) is 100 cm³/mol. The van der Waals surface area contributed by atoms with Crippen LogP contribution in [0.4, 0.5) is 5.69 Å². The molecule has 1 N–H and O–H groups in total. The second kappa shape index (κ2) is 7.61. The largest absolute Gasteiger partial charge is 0.508 e. The van der Waals surface area contributed by atoms with Gasteiger partial charge in [-0.05, 0) is 60.7 Å². The fraction of sp³-hybridized carbons (Fsp3) is 0.0952. The highest BCUT2D eigenvalue weighted by atomic mass is 16.5. The molecule has 0 unspecified atom stereocenters. The summed E-state index contributed by atoms with van der Waals surface area (Å²) in [5.74, 6) is 1.95. The van der Waals surface area contributed by atoms with E-state index in [2.05, 4.69) is 0 Å². The summed E-state index contributed by atoms with van der Waals surface area (Å²) in [6.45, 7) is 0. The number of anilines is 1. The Morgan fingerprint density at radius 2 is 1.54 bits per heavy atom. The first-order valence-corrected chi connectivity index (χ1v) is 8.06. The maximum absolute atomic E-state index is 12.7. The van der Waals surface area contributed by atoms with Crippen LogP contribution in [0.25, 0.3) is 0 Å². The topological polar surface area (TPSA) is 59.0 Å². The Morgan fingerprint density at radius 3 is 2.19 bits per heavy atom. The smallest absolute Gasteiger partial charge is 0.258 e. The van der Waals surface area contributed by atoms with Crippen molar-refractivity contribution in [3.05, 3.63) is 78.4 Å². The van der Waals surface area contributed by atoms with Crippen molar-refractivity contribution in [3.8, 4) is 23.0 Å². The molecule has 0 heterocycles. The molecule has 0 aromatic heterocycles. The SMILES string of the molecule is COc1ccc(C(=O)N(C)c2cccc(Oc3ccc(O)cc3)c2)cc1. The molecule has 132 valence electrons. The van der Waals surface area contributed by atoms with E-state index in [0.29, 0.717) is 28.5 Å². The number of carbonyl (C=O) groups is 1. The molecule has 26 heavy (non-hydrogen) atoms. The Balaban J connectivity index is 1.77. The molecule has 0 fully saturated rings. The number of nitrogens with zero attached hydrogens (tertiary/aromatic N) is 1. The van der Waals surface area contributed by atoms with E-state index in [1.165, 1.54) is 0 Å². The molecule has 5 heteroatoms. The number of methoxy groups -OCH3 is 1. The minimum atomic E-state index is -0.130. The van der Waals surface area contributed by atoms with Gasteiger partial charge in [0, 0.05) is 24.4 Å². The van der Waals surface area contributed by atoms with Crippen LogP contribution in [0, 0.1) is 0 Å². The Bertz CT molecular complexity index is 889. The summed E-state index contributed by atoms with van der Waals surface area (Å²) in [7, 11) is 3.30. The minimum Gasteiger partial charge on any atom is -0.508 e. The van der Waals surface area contributed by atoms with Crippen molar-refractivity contribution in [2.45, 2.75) is 0 Å². The van der Waals surface area contributed by atoms with Crippen molar-refractivity contribution in [2.24, 2.45) is 0 Å². The molecule has 0 saturated heterocycles. The van der Waals surface area contributed by atoms with Crippen molar-refractivity contribution in [1.82, 2.24) is 0 Å². The van der Waals surface area contributed by atoms with Gasteiger partial charge < -0.3 is 19.5 Å². The summed E-state index contributed by atoms with van der Waals surface area (Å²) in [6.07, 6.45) is 0. The van der Waals surface area contributed by atoms with Crippen LogP contribution < -0.4 is 14.4 Å². The highest BCUT2D eigenvalue weighted by Gasteiger charge is 2.14. The minimum absolute atomic E-state index is 0.130. The van der Waals surface area contributed by atoms with E-state index >= 15 is 0 Å². The van der Waals surface area contributed by atoms with E-state index in [1.54, 1.807) is 73.7 Å². The highest BCUT2D eigenvalue weighted by molar-refractivity contribution is 6.05. The van der Waals surface area contributed by atoms with Crippen LogP contribution in [0.15, 0.2) is 72.8 Å². The summed E-state index contributed by atoms with van der Waals surface area (Å²) in [5.41, 5.74) is 1.28. The number of amides is 1. The second-order valence-electron chi connectivity index (χ2n) is 5.69. The molecule has 0 radical (unpaired) electrons. The van der Waals surface area contributed by atoms with Crippen molar-refractivity contribution >= 4 is 11.6 Å². The summed E-state index contributed by atoms with van der Waals surface area (Å²) >= 11 is 0. The normalized spacial score (nSPS) is 10.2. The van der Waals surface area contributed by atoms with Gasteiger partial charge in [-0.15, -0.1) is 0 Å². The standard InChI is InChI=1S/C21H19NO4/c1-22(21(24)15-6-10-18(25-2)11-7-15)16-4-3-5-20(14-16)26-19-12-8-17(23)9-13-19/h3-14,23H,1-2H3. The summed E-state index contributed by atoms with van der Waals surface area (Å²) < 4.78 is 10.9. The molecule has 0 spiro atoms. The zero-order valence-corrected chi connectivity index (χ0v) is 14.5. The first-order valence-electron chi connectivity index (χ1n) is 8.06. The van der Waals surface area contributed by atoms with Crippen molar-refractivity contribution < 1.29 is 19.4 Å². The van der Waals surface area contributed by atoms with Crippen LogP contribution in [0.3, 0.4) is 0 Å².